The number of nitriles is 1. The fourth-order valence-electron chi connectivity index (χ4n) is 4.05. The first-order valence-corrected chi connectivity index (χ1v) is 7.35. The number of allylic oxidation sites excluding steroid dienone is 1. The highest BCUT2D eigenvalue weighted by Gasteiger charge is 2.78. The number of hydrogen-bond acceptors (Lipinski definition) is 3. The van der Waals surface area contributed by atoms with E-state index in [1.807, 2.05) is 27.7 Å². The zero-order chi connectivity index (χ0) is 13.4. The van der Waals surface area contributed by atoms with Crippen molar-refractivity contribution in [2.45, 2.75) is 51.0 Å². The molecule has 1 aliphatic heterocycles. The summed E-state index contributed by atoms with van der Waals surface area (Å²) in [6.07, 6.45) is 0. The van der Waals surface area contributed by atoms with Crippen molar-refractivity contribution in [1.29, 1.82) is 5.26 Å². The van der Waals surface area contributed by atoms with Crippen LogP contribution in [0.4, 0.5) is 0 Å². The Morgan fingerprint density at radius 1 is 1.18 bits per heavy atom. The molecule has 2 aliphatic rings. The van der Waals surface area contributed by atoms with Crippen LogP contribution >= 0.6 is 0 Å². The Kier molecular flexibility index (Phi) is 2.06. The minimum atomic E-state index is -3.49. The Bertz CT molecular complexity index is 583. The second-order valence-corrected chi connectivity index (χ2v) is 8.60. The predicted molar refractivity (Wildman–Crippen MR) is 67.0 cm³/mol. The number of hydrogen-bond donors (Lipinski definition) is 0. The van der Waals surface area contributed by atoms with Gasteiger partial charge in [-0.3, -0.25) is 0 Å². The molecule has 2 rings (SSSR count). The molecule has 0 radical (unpaired) electrons. The summed E-state index contributed by atoms with van der Waals surface area (Å²) in [6, 6.07) is 2.09. The van der Waals surface area contributed by atoms with Crippen LogP contribution in [0.1, 0.15) is 41.5 Å². The van der Waals surface area contributed by atoms with Gasteiger partial charge in [0.2, 0.25) is 0 Å². The summed E-state index contributed by atoms with van der Waals surface area (Å²) in [7, 11) is -3.49. The molecule has 0 aromatic rings. The van der Waals surface area contributed by atoms with Gasteiger partial charge >= 0.3 is 0 Å². The first-order valence-electron chi connectivity index (χ1n) is 5.87. The summed E-state index contributed by atoms with van der Waals surface area (Å²) in [5.41, 5.74) is 1.44. The van der Waals surface area contributed by atoms with Crippen molar-refractivity contribution in [3.8, 4) is 6.07 Å². The van der Waals surface area contributed by atoms with Crippen LogP contribution in [-0.4, -0.2) is 17.9 Å². The van der Waals surface area contributed by atoms with Crippen molar-refractivity contribution < 1.29 is 8.42 Å². The van der Waals surface area contributed by atoms with E-state index in [9.17, 15) is 13.7 Å². The van der Waals surface area contributed by atoms with Crippen molar-refractivity contribution in [2.24, 2.45) is 11.3 Å². The average molecular weight is 253 g/mol. The van der Waals surface area contributed by atoms with Gasteiger partial charge in [0.15, 0.2) is 14.6 Å². The largest absolute Gasteiger partial charge is 0.226 e. The molecule has 0 N–H and O–H groups in total. The van der Waals surface area contributed by atoms with Gasteiger partial charge in [-0.25, -0.2) is 8.42 Å². The smallest absolute Gasteiger partial charge is 0.179 e. The maximum atomic E-state index is 12.7. The van der Waals surface area contributed by atoms with E-state index >= 15 is 0 Å². The normalized spacial score (nSPS) is 51.7. The van der Waals surface area contributed by atoms with E-state index in [0.29, 0.717) is 0 Å². The SMILES string of the molecule is CC1=C(C)[C@]2(C)C(C)[C@@]1(C)S(=O)(=O)[C@@]2(C)C#N. The second kappa shape index (κ2) is 2.77. The molecule has 4 atom stereocenters. The molecule has 0 spiro atoms. The van der Waals surface area contributed by atoms with Crippen molar-refractivity contribution in [3.05, 3.63) is 11.1 Å². The van der Waals surface area contributed by atoms with Gasteiger partial charge in [-0.15, -0.1) is 0 Å². The van der Waals surface area contributed by atoms with Gasteiger partial charge < -0.3 is 0 Å². The van der Waals surface area contributed by atoms with Gasteiger partial charge in [0, 0.05) is 5.41 Å². The quantitative estimate of drug-likeness (QED) is 0.623. The lowest BCUT2D eigenvalue weighted by Gasteiger charge is -2.39. The summed E-state index contributed by atoms with van der Waals surface area (Å²) in [4.78, 5) is 0. The summed E-state index contributed by atoms with van der Waals surface area (Å²) in [6.45, 7) is 11.1. The Hall–Kier alpha value is -0.820. The zero-order valence-corrected chi connectivity index (χ0v) is 12.1. The van der Waals surface area contributed by atoms with Crippen LogP contribution in [0.2, 0.25) is 0 Å². The van der Waals surface area contributed by atoms with Gasteiger partial charge in [0.25, 0.3) is 0 Å². The zero-order valence-electron chi connectivity index (χ0n) is 11.2. The number of sulfone groups is 1. The molecule has 4 heteroatoms. The first kappa shape index (κ1) is 12.6. The monoisotopic (exact) mass is 253 g/mol. The molecule has 0 aromatic heterocycles. The minimum Gasteiger partial charge on any atom is -0.226 e. The van der Waals surface area contributed by atoms with Gasteiger partial charge in [-0.05, 0) is 33.6 Å². The van der Waals surface area contributed by atoms with E-state index in [4.69, 9.17) is 0 Å². The Balaban J connectivity index is 3.00. The number of rotatable bonds is 0. The highest BCUT2D eigenvalue weighted by Crippen LogP contribution is 2.70. The summed E-state index contributed by atoms with van der Waals surface area (Å²) in [5, 5.41) is 9.43. The molecule has 94 valence electrons. The molecule has 0 aromatic carbocycles. The van der Waals surface area contributed by atoms with Crippen LogP contribution in [-0.2, 0) is 9.84 Å². The van der Waals surface area contributed by atoms with Gasteiger partial charge in [-0.1, -0.05) is 25.0 Å². The lowest BCUT2D eigenvalue weighted by molar-refractivity contribution is 0.250. The number of nitrogens with zero attached hydrogens (tertiary/aromatic N) is 1. The molecule has 2 bridgehead atoms. The van der Waals surface area contributed by atoms with Gasteiger partial charge in [0.05, 0.1) is 10.8 Å². The van der Waals surface area contributed by atoms with Crippen LogP contribution in [0.3, 0.4) is 0 Å². The second-order valence-electron chi connectivity index (χ2n) is 5.93. The summed E-state index contributed by atoms with van der Waals surface area (Å²) < 4.78 is 23.3. The highest BCUT2D eigenvalue weighted by molar-refractivity contribution is 7.95. The Labute approximate surface area is 103 Å². The molecular weight excluding hydrogens is 234 g/mol. The molecule has 0 amide bonds. The van der Waals surface area contributed by atoms with E-state index in [1.165, 1.54) is 0 Å². The fourth-order valence-corrected chi connectivity index (χ4v) is 7.16. The molecule has 0 saturated carbocycles. The molecule has 1 saturated heterocycles. The van der Waals surface area contributed by atoms with E-state index in [1.54, 1.807) is 13.8 Å². The van der Waals surface area contributed by atoms with Gasteiger partial charge in [-0.2, -0.15) is 5.26 Å². The van der Waals surface area contributed by atoms with Crippen LogP contribution in [0, 0.1) is 22.7 Å². The van der Waals surface area contributed by atoms with Crippen molar-refractivity contribution >= 4 is 9.84 Å². The molecule has 3 nitrogen and oxygen atoms in total. The molecule has 1 heterocycles. The predicted octanol–water partition coefficient (Wildman–Crippen LogP) is 2.45. The Morgan fingerprint density at radius 3 is 2.00 bits per heavy atom. The maximum absolute atomic E-state index is 12.7. The van der Waals surface area contributed by atoms with Crippen LogP contribution in [0.5, 0.6) is 0 Å². The lowest BCUT2D eigenvalue weighted by atomic mass is 9.67. The molecule has 1 fully saturated rings. The summed E-state index contributed by atoms with van der Waals surface area (Å²) >= 11 is 0. The maximum Gasteiger partial charge on any atom is 0.179 e. The standard InChI is InChI=1S/C13H19NO2S/c1-8-9(2)13(6)10(3)12(8,5)11(4,7-14)17(13,15)16/h10H,1-6H3/t10?,11-,12+,13-/m0/s1. The third-order valence-corrected chi connectivity index (χ3v) is 9.44. The molecular formula is C13H19NO2S. The van der Waals surface area contributed by atoms with Gasteiger partial charge in [0.1, 0.15) is 0 Å². The van der Waals surface area contributed by atoms with E-state index in [-0.39, 0.29) is 5.92 Å². The highest BCUT2D eigenvalue weighted by atomic mass is 32.2. The van der Waals surface area contributed by atoms with Crippen molar-refractivity contribution in [3.63, 3.8) is 0 Å². The molecule has 17 heavy (non-hydrogen) atoms. The lowest BCUT2D eigenvalue weighted by Crippen LogP contribution is -2.49. The third kappa shape index (κ3) is 0.807. The fraction of sp³-hybridized carbons (Fsp3) is 0.769. The average Bonchev–Trinajstić information content (AvgIpc) is 2.47. The van der Waals surface area contributed by atoms with Crippen LogP contribution in [0.25, 0.3) is 0 Å². The van der Waals surface area contributed by atoms with E-state index in [2.05, 4.69) is 6.07 Å². The van der Waals surface area contributed by atoms with Crippen LogP contribution in [0.15, 0.2) is 11.1 Å². The third-order valence-electron chi connectivity index (χ3n) is 6.08. The Morgan fingerprint density at radius 2 is 1.65 bits per heavy atom. The molecule has 1 unspecified atom stereocenters. The van der Waals surface area contributed by atoms with Crippen molar-refractivity contribution in [2.75, 3.05) is 0 Å². The topological polar surface area (TPSA) is 57.9 Å². The number of fused-ring (bicyclic) bond motifs is 2. The first-order chi connectivity index (χ1) is 7.53. The summed E-state index contributed by atoms with van der Waals surface area (Å²) in [5.74, 6) is -0.0513. The van der Waals surface area contributed by atoms with Crippen molar-refractivity contribution in [1.82, 2.24) is 0 Å². The van der Waals surface area contributed by atoms with E-state index < -0.39 is 24.7 Å². The molecule has 1 aliphatic carbocycles. The minimum absolute atomic E-state index is 0.0513. The van der Waals surface area contributed by atoms with Crippen LogP contribution < -0.4 is 0 Å². The van der Waals surface area contributed by atoms with E-state index in [0.717, 1.165) is 11.1 Å².